The smallest absolute Gasteiger partial charge is 0.169 e. The van der Waals surface area contributed by atoms with Gasteiger partial charge in [0.05, 0.1) is 17.8 Å². The second-order valence-corrected chi connectivity index (χ2v) is 4.41. The zero-order valence-electron chi connectivity index (χ0n) is 9.18. The minimum absolute atomic E-state index is 0.492. The number of nitriles is 1. The molecule has 1 N–H and O–H groups in total. The summed E-state index contributed by atoms with van der Waals surface area (Å²) in [5.74, 6) is 0.691. The summed E-state index contributed by atoms with van der Waals surface area (Å²) in [6.45, 7) is 0.492. The van der Waals surface area contributed by atoms with Crippen molar-refractivity contribution in [2.45, 2.75) is 6.54 Å². The maximum Gasteiger partial charge on any atom is 0.169 e. The molecular weight excluding hydrogens is 282 g/mol. The van der Waals surface area contributed by atoms with Crippen LogP contribution >= 0.6 is 15.9 Å². The third-order valence-electron chi connectivity index (χ3n) is 2.19. The summed E-state index contributed by atoms with van der Waals surface area (Å²) in [7, 11) is 1.82. The highest BCUT2D eigenvalue weighted by Crippen LogP contribution is 2.21. The second kappa shape index (κ2) is 4.97. The SMILES string of the molecule is Cn1cnc(CNc2cc(Br)ccc2C#N)n1. The first kappa shape index (κ1) is 11.6. The number of rotatable bonds is 3. The third kappa shape index (κ3) is 2.82. The first-order valence-electron chi connectivity index (χ1n) is 4.97. The molecule has 0 radical (unpaired) electrons. The van der Waals surface area contributed by atoms with Gasteiger partial charge in [-0.2, -0.15) is 10.4 Å². The molecule has 0 spiro atoms. The number of hydrogen-bond acceptors (Lipinski definition) is 4. The van der Waals surface area contributed by atoms with Crippen molar-refractivity contribution in [3.05, 3.63) is 40.4 Å². The van der Waals surface area contributed by atoms with Crippen LogP contribution in [0.15, 0.2) is 29.0 Å². The van der Waals surface area contributed by atoms with Gasteiger partial charge in [0.25, 0.3) is 0 Å². The van der Waals surface area contributed by atoms with Crippen LogP contribution in [0.25, 0.3) is 0 Å². The van der Waals surface area contributed by atoms with Gasteiger partial charge in [0.2, 0.25) is 0 Å². The Morgan fingerprint density at radius 3 is 3.00 bits per heavy atom. The summed E-state index contributed by atoms with van der Waals surface area (Å²) < 4.78 is 2.57. The zero-order valence-corrected chi connectivity index (χ0v) is 10.8. The maximum atomic E-state index is 8.97. The third-order valence-corrected chi connectivity index (χ3v) is 2.68. The molecule has 0 fully saturated rings. The summed E-state index contributed by atoms with van der Waals surface area (Å²) in [6.07, 6.45) is 1.64. The molecule has 0 aliphatic rings. The van der Waals surface area contributed by atoms with Crippen LogP contribution in [0.2, 0.25) is 0 Å². The van der Waals surface area contributed by atoms with Crippen LogP contribution in [0.1, 0.15) is 11.4 Å². The van der Waals surface area contributed by atoms with Gasteiger partial charge >= 0.3 is 0 Å². The van der Waals surface area contributed by atoms with E-state index in [1.165, 1.54) is 0 Å². The molecule has 0 atom stereocenters. The molecule has 2 aromatic rings. The molecule has 0 aliphatic heterocycles. The monoisotopic (exact) mass is 291 g/mol. The van der Waals surface area contributed by atoms with Crippen molar-refractivity contribution in [2.24, 2.45) is 7.05 Å². The van der Waals surface area contributed by atoms with E-state index >= 15 is 0 Å². The van der Waals surface area contributed by atoms with Crippen LogP contribution < -0.4 is 5.32 Å². The number of nitrogens with one attached hydrogen (secondary N) is 1. The van der Waals surface area contributed by atoms with Gasteiger partial charge in [-0.1, -0.05) is 15.9 Å². The van der Waals surface area contributed by atoms with Gasteiger partial charge in [0, 0.05) is 11.5 Å². The lowest BCUT2D eigenvalue weighted by Gasteiger charge is -2.06. The van der Waals surface area contributed by atoms with Gasteiger partial charge in [0.15, 0.2) is 5.82 Å². The van der Waals surface area contributed by atoms with Gasteiger partial charge < -0.3 is 5.32 Å². The number of benzene rings is 1. The average Bonchev–Trinajstić information content (AvgIpc) is 2.73. The lowest BCUT2D eigenvalue weighted by Crippen LogP contribution is -2.03. The molecule has 1 aromatic carbocycles. The maximum absolute atomic E-state index is 8.97. The van der Waals surface area contributed by atoms with Crippen molar-refractivity contribution in [1.29, 1.82) is 5.26 Å². The summed E-state index contributed by atoms with van der Waals surface area (Å²) >= 11 is 3.37. The van der Waals surface area contributed by atoms with Crippen LogP contribution in [-0.2, 0) is 13.6 Å². The van der Waals surface area contributed by atoms with Gasteiger partial charge in [-0.25, -0.2) is 4.98 Å². The van der Waals surface area contributed by atoms with Crippen LogP contribution in [0.5, 0.6) is 0 Å². The van der Waals surface area contributed by atoms with E-state index in [0.717, 1.165) is 10.2 Å². The fraction of sp³-hybridized carbons (Fsp3) is 0.182. The molecule has 5 nitrogen and oxygen atoms in total. The summed E-state index contributed by atoms with van der Waals surface area (Å²) in [4.78, 5) is 4.10. The molecule has 0 saturated carbocycles. The summed E-state index contributed by atoms with van der Waals surface area (Å²) in [5, 5.41) is 16.3. The Balaban J connectivity index is 2.13. The number of nitrogens with zero attached hydrogens (tertiary/aromatic N) is 4. The highest BCUT2D eigenvalue weighted by atomic mass is 79.9. The highest BCUT2D eigenvalue weighted by molar-refractivity contribution is 9.10. The van der Waals surface area contributed by atoms with Gasteiger partial charge in [-0.05, 0) is 18.2 Å². The summed E-state index contributed by atoms with van der Waals surface area (Å²) in [6, 6.07) is 7.60. The van der Waals surface area contributed by atoms with Crippen molar-refractivity contribution in [1.82, 2.24) is 14.8 Å². The Hall–Kier alpha value is -1.87. The van der Waals surface area contributed by atoms with E-state index in [1.807, 2.05) is 19.2 Å². The van der Waals surface area contributed by atoms with Crippen molar-refractivity contribution in [3.8, 4) is 6.07 Å². The molecule has 0 bridgehead atoms. The molecule has 0 aliphatic carbocycles. The minimum atomic E-state index is 0.492. The van der Waals surface area contributed by atoms with Crippen molar-refractivity contribution >= 4 is 21.6 Å². The molecular formula is C11H10BrN5. The van der Waals surface area contributed by atoms with E-state index in [0.29, 0.717) is 17.9 Å². The Bertz CT molecular complexity index is 569. The van der Waals surface area contributed by atoms with Crippen LogP contribution in [0.3, 0.4) is 0 Å². The van der Waals surface area contributed by atoms with Crippen LogP contribution in [0, 0.1) is 11.3 Å². The second-order valence-electron chi connectivity index (χ2n) is 3.49. The number of aromatic nitrogens is 3. The topological polar surface area (TPSA) is 66.5 Å². The Morgan fingerprint density at radius 2 is 2.35 bits per heavy atom. The van der Waals surface area contributed by atoms with Gasteiger partial charge in [0.1, 0.15) is 12.4 Å². The van der Waals surface area contributed by atoms with Crippen LogP contribution in [0.4, 0.5) is 5.69 Å². The van der Waals surface area contributed by atoms with E-state index < -0.39 is 0 Å². The number of hydrogen-bond donors (Lipinski definition) is 1. The van der Waals surface area contributed by atoms with E-state index in [2.05, 4.69) is 37.4 Å². The molecule has 1 aromatic heterocycles. The Morgan fingerprint density at radius 1 is 1.53 bits per heavy atom. The van der Waals surface area contributed by atoms with Crippen molar-refractivity contribution in [3.63, 3.8) is 0 Å². The lowest BCUT2D eigenvalue weighted by molar-refractivity contribution is 0.747. The normalized spacial score (nSPS) is 9.94. The molecule has 0 saturated heterocycles. The fourth-order valence-electron chi connectivity index (χ4n) is 1.40. The standard InChI is InChI=1S/C11H10BrN5/c1-17-7-15-11(16-17)6-14-10-4-9(12)3-2-8(10)5-13/h2-4,7,14H,6H2,1H3. The first-order valence-corrected chi connectivity index (χ1v) is 5.76. The molecule has 6 heteroatoms. The van der Waals surface area contributed by atoms with E-state index in [1.54, 1.807) is 17.1 Å². The Labute approximate surface area is 107 Å². The number of aryl methyl sites for hydroxylation is 1. The summed E-state index contributed by atoms with van der Waals surface area (Å²) in [5.41, 5.74) is 1.37. The molecule has 2 rings (SSSR count). The highest BCUT2D eigenvalue weighted by Gasteiger charge is 2.04. The average molecular weight is 292 g/mol. The predicted octanol–water partition coefficient (Wildman–Crippen LogP) is 2.06. The number of anilines is 1. The minimum Gasteiger partial charge on any atom is -0.377 e. The van der Waals surface area contributed by atoms with Gasteiger partial charge in [-0.3, -0.25) is 4.68 Å². The fourth-order valence-corrected chi connectivity index (χ4v) is 1.76. The zero-order chi connectivity index (χ0) is 12.3. The molecule has 1 heterocycles. The van der Waals surface area contributed by atoms with Crippen LogP contribution in [-0.4, -0.2) is 14.8 Å². The molecule has 0 unspecified atom stereocenters. The van der Waals surface area contributed by atoms with Gasteiger partial charge in [-0.15, -0.1) is 0 Å². The largest absolute Gasteiger partial charge is 0.377 e. The first-order chi connectivity index (χ1) is 8.19. The molecule has 17 heavy (non-hydrogen) atoms. The molecule has 0 amide bonds. The van der Waals surface area contributed by atoms with E-state index in [-0.39, 0.29) is 0 Å². The van der Waals surface area contributed by atoms with Crippen molar-refractivity contribution < 1.29 is 0 Å². The lowest BCUT2D eigenvalue weighted by atomic mass is 10.2. The quantitative estimate of drug-likeness (QED) is 0.940. The van der Waals surface area contributed by atoms with Crippen molar-refractivity contribution in [2.75, 3.05) is 5.32 Å². The molecule has 86 valence electrons. The Kier molecular flexibility index (Phi) is 3.40. The van der Waals surface area contributed by atoms with E-state index in [4.69, 9.17) is 5.26 Å². The predicted molar refractivity (Wildman–Crippen MR) is 67.2 cm³/mol. The number of halogens is 1. The van der Waals surface area contributed by atoms with E-state index in [9.17, 15) is 0 Å².